The summed E-state index contributed by atoms with van der Waals surface area (Å²) in [5, 5.41) is 8.53. The topological polar surface area (TPSA) is 33.0 Å². The Kier molecular flexibility index (Phi) is 4.96. The first-order chi connectivity index (χ1) is 4.70. The molecule has 58 valence electrons. The van der Waals surface area contributed by atoms with Crippen LogP contribution in [0.15, 0.2) is 0 Å². The monoisotopic (exact) mass is 141 g/mol. The van der Waals surface area contributed by atoms with Crippen LogP contribution in [0.3, 0.4) is 0 Å². The second kappa shape index (κ2) is 5.25. The van der Waals surface area contributed by atoms with E-state index in [2.05, 4.69) is 6.07 Å². The van der Waals surface area contributed by atoms with Crippen LogP contribution in [0.5, 0.6) is 0 Å². The van der Waals surface area contributed by atoms with Gasteiger partial charge in [-0.15, -0.1) is 0 Å². The fourth-order valence-corrected chi connectivity index (χ4v) is 0.754. The maximum Gasteiger partial charge on any atom is 0.144 e. The van der Waals surface area contributed by atoms with Crippen molar-refractivity contribution in [1.29, 1.82) is 5.26 Å². The molecule has 2 heteroatoms. The van der Waals surface area contributed by atoms with Gasteiger partial charge < -0.3 is 4.74 Å². The van der Waals surface area contributed by atoms with Gasteiger partial charge in [0.1, 0.15) is 6.10 Å². The summed E-state index contributed by atoms with van der Waals surface area (Å²) in [6.07, 6.45) is 1.81. The molecule has 2 nitrogen and oxygen atoms in total. The van der Waals surface area contributed by atoms with Crippen molar-refractivity contribution in [1.82, 2.24) is 0 Å². The minimum absolute atomic E-state index is 0.163. The number of nitrogens with zero attached hydrogens (tertiary/aromatic N) is 1. The van der Waals surface area contributed by atoms with E-state index in [0.717, 1.165) is 12.8 Å². The molecule has 0 aromatic heterocycles. The highest BCUT2D eigenvalue weighted by Crippen LogP contribution is 2.03. The normalized spacial score (nSPS) is 13.1. The molecule has 1 unspecified atom stereocenters. The van der Waals surface area contributed by atoms with Gasteiger partial charge in [-0.3, -0.25) is 0 Å². The van der Waals surface area contributed by atoms with E-state index in [4.69, 9.17) is 10.00 Å². The Morgan fingerprint density at radius 2 is 2.10 bits per heavy atom. The van der Waals surface area contributed by atoms with Gasteiger partial charge in [-0.1, -0.05) is 13.3 Å². The lowest BCUT2D eigenvalue weighted by molar-refractivity contribution is 0.0351. The van der Waals surface area contributed by atoms with Crippen LogP contribution >= 0.6 is 0 Å². The van der Waals surface area contributed by atoms with Crippen LogP contribution in [0.25, 0.3) is 0 Å². The van der Waals surface area contributed by atoms with Gasteiger partial charge in [-0.25, -0.2) is 0 Å². The second-order valence-electron chi connectivity index (χ2n) is 2.59. The Labute approximate surface area is 62.8 Å². The summed E-state index contributed by atoms with van der Waals surface area (Å²) in [6.45, 7) is 5.94. The molecule has 0 rings (SSSR count). The Balaban J connectivity index is 3.52. The van der Waals surface area contributed by atoms with Gasteiger partial charge in [-0.05, 0) is 20.3 Å². The summed E-state index contributed by atoms with van der Waals surface area (Å²) in [4.78, 5) is 0. The van der Waals surface area contributed by atoms with Crippen LogP contribution < -0.4 is 0 Å². The van der Waals surface area contributed by atoms with Gasteiger partial charge >= 0.3 is 0 Å². The minimum atomic E-state index is -0.204. The average Bonchev–Trinajstić information content (AvgIpc) is 1.86. The van der Waals surface area contributed by atoms with Gasteiger partial charge in [0.15, 0.2) is 0 Å². The molecule has 0 aromatic rings. The highest BCUT2D eigenvalue weighted by molar-refractivity contribution is 4.83. The van der Waals surface area contributed by atoms with Crippen molar-refractivity contribution in [2.75, 3.05) is 0 Å². The zero-order chi connectivity index (χ0) is 7.98. The predicted octanol–water partition coefficient (Wildman–Crippen LogP) is 2.10. The quantitative estimate of drug-likeness (QED) is 0.600. The third-order valence-corrected chi connectivity index (χ3v) is 1.13. The van der Waals surface area contributed by atoms with Crippen molar-refractivity contribution in [3.63, 3.8) is 0 Å². The lowest BCUT2D eigenvalue weighted by atomic mass is 10.2. The molecule has 0 saturated heterocycles. The average molecular weight is 141 g/mol. The summed E-state index contributed by atoms with van der Waals surface area (Å²) in [6, 6.07) is 2.11. The molecule has 0 radical (unpaired) electrons. The summed E-state index contributed by atoms with van der Waals surface area (Å²) in [5.74, 6) is 0. The first kappa shape index (κ1) is 9.45. The molecular formula is C8H15NO. The van der Waals surface area contributed by atoms with E-state index in [1.54, 1.807) is 0 Å². The van der Waals surface area contributed by atoms with Crippen LogP contribution in [0.2, 0.25) is 0 Å². The molecule has 0 aliphatic rings. The van der Waals surface area contributed by atoms with Gasteiger partial charge in [0.25, 0.3) is 0 Å². The van der Waals surface area contributed by atoms with E-state index in [9.17, 15) is 0 Å². The summed E-state index contributed by atoms with van der Waals surface area (Å²) >= 11 is 0. The van der Waals surface area contributed by atoms with Gasteiger partial charge in [0, 0.05) is 0 Å². The maximum absolute atomic E-state index is 8.53. The molecule has 0 spiro atoms. The van der Waals surface area contributed by atoms with Crippen LogP contribution in [0.4, 0.5) is 0 Å². The van der Waals surface area contributed by atoms with Crippen molar-refractivity contribution in [3.8, 4) is 6.07 Å². The molecule has 0 heterocycles. The SMILES string of the molecule is CCCC(C#N)OC(C)C. The zero-order valence-corrected chi connectivity index (χ0v) is 6.92. The number of rotatable bonds is 4. The summed E-state index contributed by atoms with van der Waals surface area (Å²) in [5.41, 5.74) is 0. The first-order valence-corrected chi connectivity index (χ1v) is 3.75. The molecule has 1 atom stereocenters. The Bertz CT molecular complexity index is 115. The van der Waals surface area contributed by atoms with Crippen molar-refractivity contribution < 1.29 is 4.74 Å². The highest BCUT2D eigenvalue weighted by Gasteiger charge is 2.06. The minimum Gasteiger partial charge on any atom is -0.361 e. The highest BCUT2D eigenvalue weighted by atomic mass is 16.5. The van der Waals surface area contributed by atoms with Crippen LogP contribution in [0, 0.1) is 11.3 Å². The fraction of sp³-hybridized carbons (Fsp3) is 0.875. The van der Waals surface area contributed by atoms with E-state index in [-0.39, 0.29) is 12.2 Å². The Hall–Kier alpha value is -0.550. The second-order valence-corrected chi connectivity index (χ2v) is 2.59. The van der Waals surface area contributed by atoms with E-state index >= 15 is 0 Å². The Morgan fingerprint density at radius 3 is 2.40 bits per heavy atom. The van der Waals surface area contributed by atoms with Crippen LogP contribution in [-0.4, -0.2) is 12.2 Å². The number of ether oxygens (including phenoxy) is 1. The number of nitriles is 1. The van der Waals surface area contributed by atoms with E-state index < -0.39 is 0 Å². The molecule has 0 fully saturated rings. The third kappa shape index (κ3) is 4.34. The molecule has 10 heavy (non-hydrogen) atoms. The van der Waals surface area contributed by atoms with Crippen molar-refractivity contribution >= 4 is 0 Å². The Morgan fingerprint density at radius 1 is 1.50 bits per heavy atom. The number of hydrogen-bond donors (Lipinski definition) is 0. The lowest BCUT2D eigenvalue weighted by Gasteiger charge is -2.11. The van der Waals surface area contributed by atoms with Crippen molar-refractivity contribution in [3.05, 3.63) is 0 Å². The van der Waals surface area contributed by atoms with E-state index in [1.807, 2.05) is 20.8 Å². The zero-order valence-electron chi connectivity index (χ0n) is 6.92. The van der Waals surface area contributed by atoms with Gasteiger partial charge in [0.2, 0.25) is 0 Å². The standard InChI is InChI=1S/C8H15NO/c1-4-5-8(6-9)10-7(2)3/h7-8H,4-5H2,1-3H3. The predicted molar refractivity (Wildman–Crippen MR) is 40.5 cm³/mol. The molecule has 0 saturated carbocycles. The summed E-state index contributed by atoms with van der Waals surface area (Å²) in [7, 11) is 0. The van der Waals surface area contributed by atoms with Crippen molar-refractivity contribution in [2.24, 2.45) is 0 Å². The largest absolute Gasteiger partial charge is 0.361 e. The van der Waals surface area contributed by atoms with Crippen LogP contribution in [0.1, 0.15) is 33.6 Å². The first-order valence-electron chi connectivity index (χ1n) is 3.75. The smallest absolute Gasteiger partial charge is 0.144 e. The van der Waals surface area contributed by atoms with E-state index in [0.29, 0.717) is 0 Å². The third-order valence-electron chi connectivity index (χ3n) is 1.13. The molecule has 0 aliphatic carbocycles. The molecular weight excluding hydrogens is 126 g/mol. The van der Waals surface area contributed by atoms with Crippen LogP contribution in [-0.2, 0) is 4.74 Å². The van der Waals surface area contributed by atoms with E-state index in [1.165, 1.54) is 0 Å². The fourth-order valence-electron chi connectivity index (χ4n) is 0.754. The molecule has 0 aromatic carbocycles. The molecule has 0 N–H and O–H groups in total. The van der Waals surface area contributed by atoms with Gasteiger partial charge in [-0.2, -0.15) is 5.26 Å². The maximum atomic E-state index is 8.53. The molecule has 0 bridgehead atoms. The molecule has 0 aliphatic heterocycles. The van der Waals surface area contributed by atoms with Crippen molar-refractivity contribution in [2.45, 2.75) is 45.8 Å². The molecule has 0 amide bonds. The number of hydrogen-bond acceptors (Lipinski definition) is 2. The van der Waals surface area contributed by atoms with Gasteiger partial charge in [0.05, 0.1) is 12.2 Å². The summed E-state index contributed by atoms with van der Waals surface area (Å²) < 4.78 is 5.28. The lowest BCUT2D eigenvalue weighted by Crippen LogP contribution is -2.15.